The van der Waals surface area contributed by atoms with Crippen molar-refractivity contribution >= 4 is 15.7 Å². The zero-order chi connectivity index (χ0) is 12.8. The molecule has 3 N–H and O–H groups in total. The smallest absolute Gasteiger partial charge is 0.241 e. The Balaban J connectivity index is 2.54. The number of nitrogen functional groups attached to an aromatic ring is 1. The molecule has 2 rings (SSSR count). The van der Waals surface area contributed by atoms with Crippen LogP contribution in [0.15, 0.2) is 11.0 Å². The van der Waals surface area contributed by atoms with E-state index >= 15 is 0 Å². The third-order valence-electron chi connectivity index (χ3n) is 2.87. The molecule has 0 atom stereocenters. The van der Waals surface area contributed by atoms with Gasteiger partial charge >= 0.3 is 0 Å². The first-order valence-corrected chi connectivity index (χ1v) is 6.88. The summed E-state index contributed by atoms with van der Waals surface area (Å²) < 4.78 is 40.1. The van der Waals surface area contributed by atoms with Crippen molar-refractivity contribution in [2.75, 3.05) is 5.73 Å². The molecule has 0 aromatic heterocycles. The first-order chi connectivity index (χ1) is 7.83. The van der Waals surface area contributed by atoms with Gasteiger partial charge in [0.2, 0.25) is 10.0 Å². The Hall–Kier alpha value is -1.14. The third-order valence-corrected chi connectivity index (χ3v) is 4.68. The molecule has 0 spiro atoms. The van der Waals surface area contributed by atoms with Gasteiger partial charge in [0, 0.05) is 6.04 Å². The maximum absolute atomic E-state index is 13.3. The molecule has 1 fully saturated rings. The first kappa shape index (κ1) is 12.3. The van der Waals surface area contributed by atoms with E-state index in [1.54, 1.807) is 6.92 Å². The summed E-state index contributed by atoms with van der Waals surface area (Å²) in [6.07, 6.45) is 1.71. The van der Waals surface area contributed by atoms with E-state index in [4.69, 9.17) is 5.73 Å². The van der Waals surface area contributed by atoms with Gasteiger partial charge < -0.3 is 5.73 Å². The fourth-order valence-corrected chi connectivity index (χ4v) is 3.61. The van der Waals surface area contributed by atoms with Crippen molar-refractivity contribution in [3.63, 3.8) is 0 Å². The number of sulfonamides is 1. The van der Waals surface area contributed by atoms with E-state index in [2.05, 4.69) is 4.72 Å². The molecule has 0 unspecified atom stereocenters. The van der Waals surface area contributed by atoms with E-state index in [9.17, 15) is 12.8 Å². The predicted octanol–water partition coefficient (Wildman–Crippen LogP) is 1.47. The van der Waals surface area contributed by atoms with Crippen LogP contribution in [0.25, 0.3) is 0 Å². The molecule has 0 saturated heterocycles. The van der Waals surface area contributed by atoms with Gasteiger partial charge in [-0.05, 0) is 43.9 Å². The number of rotatable bonds is 3. The van der Waals surface area contributed by atoms with Crippen LogP contribution in [-0.4, -0.2) is 14.5 Å². The molecule has 4 nitrogen and oxygen atoms in total. The van der Waals surface area contributed by atoms with E-state index in [1.165, 1.54) is 6.92 Å². The van der Waals surface area contributed by atoms with Crippen molar-refractivity contribution < 1.29 is 12.8 Å². The van der Waals surface area contributed by atoms with E-state index in [0.29, 0.717) is 5.56 Å². The zero-order valence-corrected chi connectivity index (χ0v) is 10.6. The minimum atomic E-state index is -3.59. The molecule has 1 aliphatic carbocycles. The van der Waals surface area contributed by atoms with Crippen LogP contribution in [0.3, 0.4) is 0 Å². The number of halogens is 1. The number of benzene rings is 1. The second kappa shape index (κ2) is 3.96. The van der Waals surface area contributed by atoms with Gasteiger partial charge in [-0.3, -0.25) is 0 Å². The van der Waals surface area contributed by atoms with Crippen LogP contribution in [-0.2, 0) is 10.0 Å². The van der Waals surface area contributed by atoms with Crippen molar-refractivity contribution in [3.8, 4) is 0 Å². The first-order valence-electron chi connectivity index (χ1n) is 5.40. The van der Waals surface area contributed by atoms with Crippen LogP contribution >= 0.6 is 0 Å². The van der Waals surface area contributed by atoms with Crippen molar-refractivity contribution in [3.05, 3.63) is 23.0 Å². The molecule has 6 heteroatoms. The second-order valence-corrected chi connectivity index (χ2v) is 6.09. The Kier molecular flexibility index (Phi) is 2.87. The van der Waals surface area contributed by atoms with Gasteiger partial charge in [-0.25, -0.2) is 17.5 Å². The molecular weight excluding hydrogens is 243 g/mol. The molecule has 0 bridgehead atoms. The summed E-state index contributed by atoms with van der Waals surface area (Å²) in [4.78, 5) is 0.100. The monoisotopic (exact) mass is 258 g/mol. The molecule has 1 aromatic rings. The molecule has 1 saturated carbocycles. The van der Waals surface area contributed by atoms with Crippen LogP contribution in [0.1, 0.15) is 24.0 Å². The maximum Gasteiger partial charge on any atom is 0.241 e. The minimum absolute atomic E-state index is 0.0186. The van der Waals surface area contributed by atoms with Crippen molar-refractivity contribution in [1.82, 2.24) is 4.72 Å². The highest BCUT2D eigenvalue weighted by molar-refractivity contribution is 7.89. The standard InChI is InChI=1S/C11H15FN2O2S/c1-6-5-9(12)10(13)7(2)11(6)17(15,16)14-8-3-4-8/h5,8,14H,3-4,13H2,1-2H3. The molecule has 17 heavy (non-hydrogen) atoms. The summed E-state index contributed by atoms with van der Waals surface area (Å²) in [6, 6.07) is 1.18. The van der Waals surface area contributed by atoms with Crippen LogP contribution in [0.4, 0.5) is 10.1 Å². The summed E-state index contributed by atoms with van der Waals surface area (Å²) in [5.41, 5.74) is 6.07. The van der Waals surface area contributed by atoms with Crippen LogP contribution in [0, 0.1) is 19.7 Å². The molecule has 0 aliphatic heterocycles. The fraction of sp³-hybridized carbons (Fsp3) is 0.455. The average Bonchev–Trinajstić information content (AvgIpc) is 2.96. The summed E-state index contributed by atoms with van der Waals surface area (Å²) in [7, 11) is -3.59. The average molecular weight is 258 g/mol. The molecule has 0 heterocycles. The summed E-state index contributed by atoms with van der Waals surface area (Å²) >= 11 is 0. The van der Waals surface area contributed by atoms with Crippen LogP contribution in [0.2, 0.25) is 0 Å². The maximum atomic E-state index is 13.3. The molecule has 94 valence electrons. The Morgan fingerprint density at radius 2 is 2.00 bits per heavy atom. The van der Waals surface area contributed by atoms with Gasteiger partial charge in [0.1, 0.15) is 5.82 Å². The SMILES string of the molecule is Cc1cc(F)c(N)c(C)c1S(=O)(=O)NC1CC1. The highest BCUT2D eigenvalue weighted by Gasteiger charge is 2.30. The Morgan fingerprint density at radius 3 is 2.53 bits per heavy atom. The molecule has 0 radical (unpaired) electrons. The Bertz CT molecular complexity index is 565. The van der Waals surface area contributed by atoms with Gasteiger partial charge in [-0.15, -0.1) is 0 Å². The topological polar surface area (TPSA) is 72.2 Å². The summed E-state index contributed by atoms with van der Waals surface area (Å²) in [6.45, 7) is 3.09. The summed E-state index contributed by atoms with van der Waals surface area (Å²) in [5.74, 6) is -0.578. The lowest BCUT2D eigenvalue weighted by Gasteiger charge is -2.14. The third kappa shape index (κ3) is 2.28. The van der Waals surface area contributed by atoms with Gasteiger partial charge in [0.25, 0.3) is 0 Å². The van der Waals surface area contributed by atoms with Crippen molar-refractivity contribution in [2.45, 2.75) is 37.6 Å². The van der Waals surface area contributed by atoms with Crippen LogP contribution < -0.4 is 10.5 Å². The molecular formula is C11H15FN2O2S. The lowest BCUT2D eigenvalue weighted by molar-refractivity contribution is 0.578. The highest BCUT2D eigenvalue weighted by Crippen LogP contribution is 2.29. The van der Waals surface area contributed by atoms with Gasteiger partial charge in [0.05, 0.1) is 10.6 Å². The molecule has 1 aliphatic rings. The molecule has 1 aromatic carbocycles. The Labute approximate surface area is 100 Å². The Morgan fingerprint density at radius 1 is 1.41 bits per heavy atom. The van der Waals surface area contributed by atoms with E-state index < -0.39 is 15.8 Å². The van der Waals surface area contributed by atoms with E-state index in [1.807, 2.05) is 0 Å². The predicted molar refractivity (Wildman–Crippen MR) is 63.6 cm³/mol. The zero-order valence-electron chi connectivity index (χ0n) is 9.75. The quantitative estimate of drug-likeness (QED) is 0.806. The lowest BCUT2D eigenvalue weighted by Crippen LogP contribution is -2.27. The number of hydrogen-bond acceptors (Lipinski definition) is 3. The van der Waals surface area contributed by atoms with Crippen molar-refractivity contribution in [1.29, 1.82) is 0 Å². The number of nitrogens with two attached hydrogens (primary N) is 1. The highest BCUT2D eigenvalue weighted by atomic mass is 32.2. The van der Waals surface area contributed by atoms with Crippen LogP contribution in [0.5, 0.6) is 0 Å². The summed E-state index contributed by atoms with van der Waals surface area (Å²) in [5, 5.41) is 0. The van der Waals surface area contributed by atoms with Crippen molar-refractivity contribution in [2.24, 2.45) is 0 Å². The largest absolute Gasteiger partial charge is 0.396 e. The minimum Gasteiger partial charge on any atom is -0.396 e. The number of aryl methyl sites for hydroxylation is 1. The van der Waals surface area contributed by atoms with E-state index in [0.717, 1.165) is 18.9 Å². The normalized spacial score (nSPS) is 16.2. The van der Waals surface area contributed by atoms with Gasteiger partial charge in [0.15, 0.2) is 0 Å². The number of hydrogen-bond donors (Lipinski definition) is 2. The number of anilines is 1. The second-order valence-electron chi connectivity index (χ2n) is 4.44. The van der Waals surface area contributed by atoms with Gasteiger partial charge in [-0.2, -0.15) is 0 Å². The van der Waals surface area contributed by atoms with E-state index in [-0.39, 0.29) is 22.2 Å². The lowest BCUT2D eigenvalue weighted by atomic mass is 10.1. The number of nitrogens with one attached hydrogen (secondary N) is 1. The van der Waals surface area contributed by atoms with Gasteiger partial charge in [-0.1, -0.05) is 0 Å². The molecule has 0 amide bonds. The fourth-order valence-electron chi connectivity index (χ4n) is 1.82.